The fourth-order valence-corrected chi connectivity index (χ4v) is 3.71. The summed E-state index contributed by atoms with van der Waals surface area (Å²) in [5.41, 5.74) is 1.24. The molecule has 30 heavy (non-hydrogen) atoms. The van der Waals surface area contributed by atoms with Crippen LogP contribution >= 0.6 is 0 Å². The van der Waals surface area contributed by atoms with Gasteiger partial charge in [-0.15, -0.1) is 0 Å². The number of hydrogen-bond acceptors (Lipinski definition) is 5. The largest absolute Gasteiger partial charge is 0.479 e. The molecule has 158 valence electrons. The molecule has 0 bridgehead atoms. The third-order valence-electron chi connectivity index (χ3n) is 5.75. The Morgan fingerprint density at radius 3 is 2.83 bits per heavy atom. The first-order valence-electron chi connectivity index (χ1n) is 10.4. The summed E-state index contributed by atoms with van der Waals surface area (Å²) in [7, 11) is 0. The Kier molecular flexibility index (Phi) is 5.70. The summed E-state index contributed by atoms with van der Waals surface area (Å²) >= 11 is 0. The molecule has 6 nitrogen and oxygen atoms in total. The molecular formula is C23H25FN2O4. The van der Waals surface area contributed by atoms with Crippen molar-refractivity contribution < 1.29 is 23.5 Å². The Balaban J connectivity index is 1.41. The van der Waals surface area contributed by atoms with Gasteiger partial charge in [0.2, 0.25) is 5.88 Å². The SMILES string of the molecule is CCC(C)COc1ccc(O[C@@H]2CCN(c3cc(F)c4c(c3)C(=O)CC4)C2=O)cn1. The van der Waals surface area contributed by atoms with Gasteiger partial charge in [0, 0.05) is 36.7 Å². The molecule has 1 amide bonds. The van der Waals surface area contributed by atoms with E-state index in [9.17, 15) is 14.0 Å². The quantitative estimate of drug-likeness (QED) is 0.689. The molecule has 1 aromatic heterocycles. The van der Waals surface area contributed by atoms with Gasteiger partial charge in [-0.1, -0.05) is 20.3 Å². The molecular weight excluding hydrogens is 387 g/mol. The zero-order chi connectivity index (χ0) is 21.3. The van der Waals surface area contributed by atoms with E-state index in [-0.39, 0.29) is 11.7 Å². The molecule has 0 saturated carbocycles. The van der Waals surface area contributed by atoms with Crippen LogP contribution in [-0.4, -0.2) is 35.9 Å². The molecule has 2 heterocycles. The fraction of sp³-hybridized carbons (Fsp3) is 0.435. The normalized spacial score (nSPS) is 19.2. The Labute approximate surface area is 175 Å². The van der Waals surface area contributed by atoms with Gasteiger partial charge in [0.15, 0.2) is 11.9 Å². The number of Topliss-reactive ketones (excluding diaryl/α,β-unsaturated/α-hetero) is 1. The van der Waals surface area contributed by atoms with Gasteiger partial charge in [0.25, 0.3) is 5.91 Å². The highest BCUT2D eigenvalue weighted by atomic mass is 19.1. The predicted octanol–water partition coefficient (Wildman–Crippen LogP) is 3.96. The number of aromatic nitrogens is 1. The van der Waals surface area contributed by atoms with Gasteiger partial charge >= 0.3 is 0 Å². The summed E-state index contributed by atoms with van der Waals surface area (Å²) in [5, 5.41) is 0. The standard InChI is InChI=1S/C23H25FN2O4/c1-3-14(2)13-29-22-7-4-16(12-25-22)30-21-8-9-26(23(21)28)15-10-18-17(19(24)11-15)5-6-20(18)27/h4,7,10-12,14,21H,3,5-6,8-9,13H2,1-2H3/t14?,21-/m1/s1. The van der Waals surface area contributed by atoms with Crippen molar-refractivity contribution in [2.24, 2.45) is 5.92 Å². The number of ketones is 1. The lowest BCUT2D eigenvalue weighted by molar-refractivity contribution is -0.122. The number of halogens is 1. The van der Waals surface area contributed by atoms with Crippen LogP contribution < -0.4 is 14.4 Å². The number of ether oxygens (including phenoxy) is 2. The third kappa shape index (κ3) is 4.01. The topological polar surface area (TPSA) is 68.7 Å². The summed E-state index contributed by atoms with van der Waals surface area (Å²) < 4.78 is 25.8. The minimum Gasteiger partial charge on any atom is -0.479 e. The molecule has 0 spiro atoms. The molecule has 1 aliphatic carbocycles. The monoisotopic (exact) mass is 412 g/mol. The van der Waals surface area contributed by atoms with Crippen molar-refractivity contribution >= 4 is 17.4 Å². The highest BCUT2D eigenvalue weighted by Gasteiger charge is 2.36. The lowest BCUT2D eigenvalue weighted by Gasteiger charge is -2.18. The van der Waals surface area contributed by atoms with Crippen molar-refractivity contribution in [3.05, 3.63) is 47.4 Å². The lowest BCUT2D eigenvalue weighted by atomic mass is 10.1. The first kappa shape index (κ1) is 20.3. The van der Waals surface area contributed by atoms with E-state index in [0.717, 1.165) is 6.42 Å². The zero-order valence-electron chi connectivity index (χ0n) is 17.2. The summed E-state index contributed by atoms with van der Waals surface area (Å²) in [6.07, 6.45) is 3.10. The molecule has 7 heteroatoms. The van der Waals surface area contributed by atoms with Crippen LogP contribution in [0.3, 0.4) is 0 Å². The van der Waals surface area contributed by atoms with Crippen LogP contribution in [0.15, 0.2) is 30.5 Å². The zero-order valence-corrected chi connectivity index (χ0v) is 17.2. The van der Waals surface area contributed by atoms with E-state index in [1.54, 1.807) is 18.2 Å². The number of carbonyl (C=O) groups is 2. The second-order valence-corrected chi connectivity index (χ2v) is 7.92. The Bertz CT molecular complexity index is 960. The van der Waals surface area contributed by atoms with Crippen LogP contribution in [0.5, 0.6) is 11.6 Å². The van der Waals surface area contributed by atoms with Crippen LogP contribution in [0.1, 0.15) is 49.0 Å². The molecule has 1 unspecified atom stereocenters. The first-order chi connectivity index (χ1) is 14.5. The number of carbonyl (C=O) groups excluding carboxylic acids is 2. The molecule has 1 saturated heterocycles. The van der Waals surface area contributed by atoms with Crippen LogP contribution in [0, 0.1) is 11.7 Å². The van der Waals surface area contributed by atoms with E-state index in [0.29, 0.717) is 66.8 Å². The molecule has 2 aromatic rings. The number of nitrogens with zero attached hydrogens (tertiary/aromatic N) is 2. The average Bonchev–Trinajstić information content (AvgIpc) is 3.30. The number of anilines is 1. The first-order valence-corrected chi connectivity index (χ1v) is 10.4. The minimum atomic E-state index is -0.675. The minimum absolute atomic E-state index is 0.0769. The van der Waals surface area contributed by atoms with Crippen molar-refractivity contribution in [2.75, 3.05) is 18.1 Å². The van der Waals surface area contributed by atoms with Gasteiger partial charge in [0.05, 0.1) is 12.8 Å². The Hall–Kier alpha value is -2.96. The molecule has 2 atom stereocenters. The maximum atomic E-state index is 14.4. The second kappa shape index (κ2) is 8.42. The van der Waals surface area contributed by atoms with Gasteiger partial charge < -0.3 is 14.4 Å². The van der Waals surface area contributed by atoms with E-state index < -0.39 is 11.9 Å². The van der Waals surface area contributed by atoms with Gasteiger partial charge in [-0.25, -0.2) is 9.37 Å². The summed E-state index contributed by atoms with van der Waals surface area (Å²) in [4.78, 5) is 30.5. The third-order valence-corrected chi connectivity index (χ3v) is 5.75. The molecule has 0 radical (unpaired) electrons. The lowest BCUT2D eigenvalue weighted by Crippen LogP contribution is -2.32. The number of pyridine rings is 1. The van der Waals surface area contributed by atoms with E-state index in [2.05, 4.69) is 18.8 Å². The van der Waals surface area contributed by atoms with Gasteiger partial charge in [0.1, 0.15) is 11.6 Å². The number of amides is 1. The number of hydrogen-bond donors (Lipinski definition) is 0. The molecule has 1 aromatic carbocycles. The highest BCUT2D eigenvalue weighted by Crippen LogP contribution is 2.32. The van der Waals surface area contributed by atoms with E-state index in [1.165, 1.54) is 17.2 Å². The van der Waals surface area contributed by atoms with Gasteiger partial charge in [-0.05, 0) is 36.1 Å². The number of fused-ring (bicyclic) bond motifs is 1. The number of benzene rings is 1. The number of rotatable bonds is 7. The molecule has 2 aliphatic rings. The molecule has 1 fully saturated rings. The molecule has 1 aliphatic heterocycles. The van der Waals surface area contributed by atoms with Crippen LogP contribution in [-0.2, 0) is 11.2 Å². The van der Waals surface area contributed by atoms with E-state index in [1.807, 2.05) is 0 Å². The predicted molar refractivity (Wildman–Crippen MR) is 110 cm³/mol. The van der Waals surface area contributed by atoms with Gasteiger partial charge in [-0.2, -0.15) is 0 Å². The average molecular weight is 412 g/mol. The van der Waals surface area contributed by atoms with Crippen LogP contribution in [0.4, 0.5) is 10.1 Å². The molecule has 0 N–H and O–H groups in total. The Morgan fingerprint density at radius 2 is 2.10 bits per heavy atom. The van der Waals surface area contributed by atoms with E-state index in [4.69, 9.17) is 9.47 Å². The summed E-state index contributed by atoms with van der Waals surface area (Å²) in [5.74, 6) is 0.678. The van der Waals surface area contributed by atoms with Crippen molar-refractivity contribution in [1.29, 1.82) is 0 Å². The summed E-state index contributed by atoms with van der Waals surface area (Å²) in [6, 6.07) is 6.40. The second-order valence-electron chi connectivity index (χ2n) is 7.92. The van der Waals surface area contributed by atoms with Crippen molar-refractivity contribution in [2.45, 2.75) is 45.6 Å². The smallest absolute Gasteiger partial charge is 0.268 e. The maximum absolute atomic E-state index is 14.4. The van der Waals surface area contributed by atoms with Crippen molar-refractivity contribution in [3.63, 3.8) is 0 Å². The fourth-order valence-electron chi connectivity index (χ4n) is 3.71. The van der Waals surface area contributed by atoms with Crippen molar-refractivity contribution in [1.82, 2.24) is 4.98 Å². The molecule has 4 rings (SSSR count). The van der Waals surface area contributed by atoms with Gasteiger partial charge in [-0.3, -0.25) is 9.59 Å². The maximum Gasteiger partial charge on any atom is 0.268 e. The Morgan fingerprint density at radius 1 is 1.27 bits per heavy atom. The van der Waals surface area contributed by atoms with Crippen LogP contribution in [0.25, 0.3) is 0 Å². The van der Waals surface area contributed by atoms with E-state index >= 15 is 0 Å². The van der Waals surface area contributed by atoms with Crippen molar-refractivity contribution in [3.8, 4) is 11.6 Å². The highest BCUT2D eigenvalue weighted by molar-refractivity contribution is 6.04. The summed E-state index contributed by atoms with van der Waals surface area (Å²) in [6.45, 7) is 5.21. The van der Waals surface area contributed by atoms with Crippen LogP contribution in [0.2, 0.25) is 0 Å².